The Morgan fingerprint density at radius 3 is 2.21 bits per heavy atom. The minimum absolute atomic E-state index is 0.496. The number of rotatable bonds is 4. The van der Waals surface area contributed by atoms with Crippen LogP contribution in [0.1, 0.15) is 25.3 Å². The molecule has 0 heterocycles. The fourth-order valence-electron chi connectivity index (χ4n) is 1.71. The Morgan fingerprint density at radius 1 is 0.895 bits per heavy atom. The van der Waals surface area contributed by atoms with E-state index in [0.29, 0.717) is 5.92 Å². The van der Waals surface area contributed by atoms with Crippen molar-refractivity contribution in [2.45, 2.75) is 19.8 Å². The zero-order valence-electron chi connectivity index (χ0n) is 11.5. The normalized spacial score (nSPS) is 11.2. The van der Waals surface area contributed by atoms with E-state index < -0.39 is 0 Å². The van der Waals surface area contributed by atoms with Crippen LogP contribution < -0.4 is 4.74 Å². The highest BCUT2D eigenvalue weighted by Crippen LogP contribution is 2.23. The van der Waals surface area contributed by atoms with Crippen molar-refractivity contribution in [1.82, 2.24) is 0 Å². The van der Waals surface area contributed by atoms with Gasteiger partial charge < -0.3 is 4.74 Å². The highest BCUT2D eigenvalue weighted by Gasteiger charge is 1.99. The van der Waals surface area contributed by atoms with Gasteiger partial charge in [0.1, 0.15) is 5.75 Å². The van der Waals surface area contributed by atoms with Gasteiger partial charge in [0.15, 0.2) is 0 Å². The quantitative estimate of drug-likeness (QED) is 0.687. The van der Waals surface area contributed by atoms with Crippen LogP contribution in [0.25, 0.3) is 0 Å². The average Bonchev–Trinajstić information content (AvgIpc) is 2.46. The first kappa shape index (κ1) is 13.3. The van der Waals surface area contributed by atoms with Gasteiger partial charge in [-0.05, 0) is 47.9 Å². The first-order valence-corrected chi connectivity index (χ1v) is 6.35. The number of hydrogen-bond acceptors (Lipinski definition) is 3. The molecule has 0 saturated heterocycles. The van der Waals surface area contributed by atoms with E-state index >= 15 is 0 Å². The van der Waals surface area contributed by atoms with Crippen molar-refractivity contribution in [3.8, 4) is 5.75 Å². The number of hydrogen-bond donors (Lipinski definition) is 0. The maximum absolute atomic E-state index is 5.10. The van der Waals surface area contributed by atoms with Crippen molar-refractivity contribution in [1.29, 1.82) is 0 Å². The highest BCUT2D eigenvalue weighted by atomic mass is 16.5. The second-order valence-electron chi connectivity index (χ2n) is 4.65. The van der Waals surface area contributed by atoms with E-state index in [1.54, 1.807) is 7.11 Å². The molecule has 0 aliphatic heterocycles. The fourth-order valence-corrected chi connectivity index (χ4v) is 1.71. The lowest BCUT2D eigenvalue weighted by molar-refractivity contribution is 0.415. The van der Waals surface area contributed by atoms with E-state index in [2.05, 4.69) is 36.2 Å². The molecule has 0 unspecified atom stereocenters. The third-order valence-corrected chi connectivity index (χ3v) is 2.89. The Kier molecular flexibility index (Phi) is 4.29. The van der Waals surface area contributed by atoms with Crippen LogP contribution >= 0.6 is 0 Å². The smallest absolute Gasteiger partial charge is 0.119 e. The van der Waals surface area contributed by atoms with Crippen LogP contribution in [-0.4, -0.2) is 7.11 Å². The Morgan fingerprint density at radius 2 is 1.58 bits per heavy atom. The minimum Gasteiger partial charge on any atom is -0.497 e. The molecule has 0 fully saturated rings. The average molecular weight is 254 g/mol. The van der Waals surface area contributed by atoms with Gasteiger partial charge in [-0.1, -0.05) is 26.0 Å². The van der Waals surface area contributed by atoms with Gasteiger partial charge in [0.25, 0.3) is 0 Å². The topological polar surface area (TPSA) is 34.0 Å². The summed E-state index contributed by atoms with van der Waals surface area (Å²) in [5.74, 6) is 1.32. The molecular formula is C16H18N2O. The Hall–Kier alpha value is -2.16. The van der Waals surface area contributed by atoms with Crippen molar-refractivity contribution in [3.05, 3.63) is 54.1 Å². The third-order valence-electron chi connectivity index (χ3n) is 2.89. The molecule has 0 aliphatic carbocycles. The molecule has 0 atom stereocenters. The molecule has 0 radical (unpaired) electrons. The molecule has 2 aromatic rings. The monoisotopic (exact) mass is 254 g/mol. The zero-order valence-corrected chi connectivity index (χ0v) is 11.5. The molecular weight excluding hydrogens is 236 g/mol. The molecule has 0 spiro atoms. The van der Waals surface area contributed by atoms with E-state index in [1.165, 1.54) is 5.56 Å². The van der Waals surface area contributed by atoms with Crippen LogP contribution in [0.4, 0.5) is 11.4 Å². The van der Waals surface area contributed by atoms with Gasteiger partial charge in [0.05, 0.1) is 18.5 Å². The zero-order chi connectivity index (χ0) is 13.7. The van der Waals surface area contributed by atoms with Crippen LogP contribution in [0.5, 0.6) is 5.75 Å². The number of benzene rings is 2. The van der Waals surface area contributed by atoms with Gasteiger partial charge in [0, 0.05) is 0 Å². The van der Waals surface area contributed by atoms with Crippen molar-refractivity contribution in [2.24, 2.45) is 10.2 Å². The molecule has 19 heavy (non-hydrogen) atoms. The molecule has 0 saturated carbocycles. The van der Waals surface area contributed by atoms with Crippen molar-refractivity contribution >= 4 is 11.4 Å². The predicted molar refractivity (Wildman–Crippen MR) is 77.7 cm³/mol. The molecule has 2 rings (SSSR count). The summed E-state index contributed by atoms with van der Waals surface area (Å²) in [6.07, 6.45) is 0. The Labute approximate surface area is 114 Å². The summed E-state index contributed by atoms with van der Waals surface area (Å²) in [5, 5.41) is 8.48. The largest absolute Gasteiger partial charge is 0.497 e. The number of nitrogens with zero attached hydrogens (tertiary/aromatic N) is 2. The van der Waals surface area contributed by atoms with Crippen LogP contribution in [0.15, 0.2) is 58.8 Å². The van der Waals surface area contributed by atoms with E-state index in [0.717, 1.165) is 17.1 Å². The summed E-state index contributed by atoms with van der Waals surface area (Å²) < 4.78 is 5.10. The molecule has 0 aromatic heterocycles. The first-order chi connectivity index (χ1) is 9.19. The molecule has 2 aromatic carbocycles. The number of ether oxygens (including phenoxy) is 1. The standard InChI is InChI=1S/C16H18N2O/c1-12(2)13-5-4-6-15(11-13)18-17-14-7-9-16(19-3)10-8-14/h4-12H,1-3H3. The summed E-state index contributed by atoms with van der Waals surface area (Å²) in [5.41, 5.74) is 2.96. The second-order valence-corrected chi connectivity index (χ2v) is 4.65. The van der Waals surface area contributed by atoms with Gasteiger partial charge in [-0.2, -0.15) is 10.2 Å². The summed E-state index contributed by atoms with van der Waals surface area (Å²) in [6.45, 7) is 4.33. The van der Waals surface area contributed by atoms with Crippen LogP contribution in [0.2, 0.25) is 0 Å². The molecule has 0 amide bonds. The highest BCUT2D eigenvalue weighted by molar-refractivity contribution is 5.44. The SMILES string of the molecule is COc1ccc(N=Nc2cccc(C(C)C)c2)cc1. The lowest BCUT2D eigenvalue weighted by Gasteiger charge is -2.04. The molecule has 0 bridgehead atoms. The Balaban J connectivity index is 2.15. The lowest BCUT2D eigenvalue weighted by Crippen LogP contribution is -1.84. The minimum atomic E-state index is 0.496. The molecule has 3 heteroatoms. The van der Waals surface area contributed by atoms with E-state index in [9.17, 15) is 0 Å². The molecule has 98 valence electrons. The maximum Gasteiger partial charge on any atom is 0.119 e. The summed E-state index contributed by atoms with van der Waals surface area (Å²) in [6, 6.07) is 15.7. The molecule has 0 N–H and O–H groups in total. The summed E-state index contributed by atoms with van der Waals surface area (Å²) in [7, 11) is 1.65. The van der Waals surface area contributed by atoms with Gasteiger partial charge in [-0.25, -0.2) is 0 Å². The van der Waals surface area contributed by atoms with Gasteiger partial charge in [0.2, 0.25) is 0 Å². The van der Waals surface area contributed by atoms with Crippen LogP contribution in [0.3, 0.4) is 0 Å². The summed E-state index contributed by atoms with van der Waals surface area (Å²) in [4.78, 5) is 0. The first-order valence-electron chi connectivity index (χ1n) is 6.35. The third kappa shape index (κ3) is 3.65. The molecule has 0 aliphatic rings. The fraction of sp³-hybridized carbons (Fsp3) is 0.250. The van der Waals surface area contributed by atoms with Crippen molar-refractivity contribution in [2.75, 3.05) is 7.11 Å². The van der Waals surface area contributed by atoms with Crippen LogP contribution in [-0.2, 0) is 0 Å². The Bertz CT molecular complexity index is 559. The van der Waals surface area contributed by atoms with Crippen molar-refractivity contribution in [3.63, 3.8) is 0 Å². The maximum atomic E-state index is 5.10. The predicted octanol–water partition coefficient (Wildman–Crippen LogP) is 5.23. The van der Waals surface area contributed by atoms with Gasteiger partial charge in [-0.3, -0.25) is 0 Å². The van der Waals surface area contributed by atoms with E-state index in [-0.39, 0.29) is 0 Å². The van der Waals surface area contributed by atoms with Crippen LogP contribution in [0, 0.1) is 0 Å². The number of methoxy groups -OCH3 is 1. The van der Waals surface area contributed by atoms with E-state index in [1.807, 2.05) is 36.4 Å². The van der Waals surface area contributed by atoms with Crippen molar-refractivity contribution < 1.29 is 4.74 Å². The molecule has 3 nitrogen and oxygen atoms in total. The number of azo groups is 1. The van der Waals surface area contributed by atoms with E-state index in [4.69, 9.17) is 4.74 Å². The second kappa shape index (κ2) is 6.14. The van der Waals surface area contributed by atoms with Gasteiger partial charge in [-0.15, -0.1) is 0 Å². The summed E-state index contributed by atoms with van der Waals surface area (Å²) >= 11 is 0. The van der Waals surface area contributed by atoms with Gasteiger partial charge >= 0.3 is 0 Å². The lowest BCUT2D eigenvalue weighted by atomic mass is 10.0.